The minimum absolute atomic E-state index is 0.166. The Morgan fingerprint density at radius 1 is 0.921 bits per heavy atom. The number of benzene rings is 3. The maximum atomic E-state index is 15.1. The van der Waals surface area contributed by atoms with Crippen LogP contribution in [0, 0.1) is 17.5 Å². The van der Waals surface area contributed by atoms with Crippen LogP contribution in [-0.2, 0) is 4.74 Å². The molecule has 0 atom stereocenters. The summed E-state index contributed by atoms with van der Waals surface area (Å²) in [5.74, 6) is -2.41. The molecule has 0 N–H and O–H groups in total. The van der Waals surface area contributed by atoms with Gasteiger partial charge in [0.05, 0.1) is 18.8 Å². The van der Waals surface area contributed by atoms with Crippen molar-refractivity contribution in [3.05, 3.63) is 95.8 Å². The summed E-state index contributed by atoms with van der Waals surface area (Å²) in [5.41, 5.74) is 0.910. The second-order valence-electron chi connectivity index (χ2n) is 9.23. The molecule has 38 heavy (non-hydrogen) atoms. The van der Waals surface area contributed by atoms with Gasteiger partial charge in [0.25, 0.3) is 0 Å². The summed E-state index contributed by atoms with van der Waals surface area (Å²) < 4.78 is 60.9. The molecule has 0 bridgehead atoms. The van der Waals surface area contributed by atoms with E-state index in [1.165, 1.54) is 12.1 Å². The summed E-state index contributed by atoms with van der Waals surface area (Å²) in [6.07, 6.45) is 3.89. The summed E-state index contributed by atoms with van der Waals surface area (Å²) in [5, 5.41) is 0. The van der Waals surface area contributed by atoms with E-state index in [1.807, 2.05) is 6.92 Å². The largest absolute Gasteiger partial charge is 0.494 e. The first-order valence-electron chi connectivity index (χ1n) is 12.9. The van der Waals surface area contributed by atoms with Crippen LogP contribution in [0.25, 0.3) is 11.1 Å². The van der Waals surface area contributed by atoms with Crippen LogP contribution in [-0.4, -0.2) is 25.3 Å². The molecule has 1 aliphatic carbocycles. The third-order valence-electron chi connectivity index (χ3n) is 6.73. The van der Waals surface area contributed by atoms with Crippen LogP contribution in [0.4, 0.5) is 13.2 Å². The highest BCUT2D eigenvalue weighted by molar-refractivity contribution is 5.90. The van der Waals surface area contributed by atoms with Crippen molar-refractivity contribution in [3.8, 4) is 22.6 Å². The van der Waals surface area contributed by atoms with E-state index >= 15 is 8.78 Å². The molecule has 1 fully saturated rings. The highest BCUT2D eigenvalue weighted by Gasteiger charge is 2.29. The Labute approximate surface area is 221 Å². The fourth-order valence-electron chi connectivity index (χ4n) is 4.72. The molecule has 4 rings (SSSR count). The van der Waals surface area contributed by atoms with Gasteiger partial charge in [-0.25, -0.2) is 18.0 Å². The van der Waals surface area contributed by atoms with Crippen LogP contribution in [0.15, 0.2) is 67.3 Å². The molecule has 4 nitrogen and oxygen atoms in total. The second kappa shape index (κ2) is 12.7. The van der Waals surface area contributed by atoms with Gasteiger partial charge in [0.2, 0.25) is 0 Å². The monoisotopic (exact) mass is 524 g/mol. The van der Waals surface area contributed by atoms with Gasteiger partial charge in [-0.2, -0.15) is 0 Å². The molecule has 200 valence electrons. The van der Waals surface area contributed by atoms with Crippen LogP contribution in [0.1, 0.15) is 60.9 Å². The van der Waals surface area contributed by atoms with E-state index in [0.29, 0.717) is 67.9 Å². The molecule has 1 saturated carbocycles. The molecule has 0 amide bonds. The number of ether oxygens (including phenoxy) is 3. The average Bonchev–Trinajstić information content (AvgIpc) is 2.92. The van der Waals surface area contributed by atoms with Crippen molar-refractivity contribution in [2.24, 2.45) is 0 Å². The van der Waals surface area contributed by atoms with Crippen molar-refractivity contribution >= 4 is 5.97 Å². The molecule has 0 heterocycles. The molecule has 7 heteroatoms. The Balaban J connectivity index is 1.35. The molecule has 0 saturated heterocycles. The zero-order valence-corrected chi connectivity index (χ0v) is 21.4. The van der Waals surface area contributed by atoms with Crippen LogP contribution >= 0.6 is 0 Å². The van der Waals surface area contributed by atoms with Crippen LogP contribution in [0.2, 0.25) is 0 Å². The molecule has 3 aromatic carbocycles. The Hall–Kier alpha value is -3.74. The second-order valence-corrected chi connectivity index (χ2v) is 9.23. The zero-order valence-electron chi connectivity index (χ0n) is 21.4. The lowest BCUT2D eigenvalue weighted by Crippen LogP contribution is -2.24. The minimum Gasteiger partial charge on any atom is -0.494 e. The summed E-state index contributed by atoms with van der Waals surface area (Å²) in [6, 6.07) is 14.1. The highest BCUT2D eigenvalue weighted by atomic mass is 19.2. The molecular formula is C31H31F3O4. The summed E-state index contributed by atoms with van der Waals surface area (Å²) in [7, 11) is 0. The van der Waals surface area contributed by atoms with Gasteiger partial charge in [0.1, 0.15) is 23.4 Å². The Bertz CT molecular complexity index is 1260. The summed E-state index contributed by atoms with van der Waals surface area (Å²) in [4.78, 5) is 12.6. The quantitative estimate of drug-likeness (QED) is 0.153. The standard InChI is InChI=1S/C31H31F3O4/c1-3-5-18-37-24-14-15-27(28(32)19-24)31(35)38-23-12-8-21(9-13-23)26-17-16-25(29(33)30(26)34)20-6-10-22(11-7-20)36-4-2/h3,6-7,10-11,14-17,19,21,23H,1,4-5,8-9,12-13,18H2,2H3. The van der Waals surface area contributed by atoms with E-state index < -0.39 is 29.5 Å². The molecule has 0 aliphatic heterocycles. The fraction of sp³-hybridized carbons (Fsp3) is 0.323. The molecule has 0 spiro atoms. The number of halogens is 3. The number of esters is 1. The van der Waals surface area contributed by atoms with Gasteiger partial charge in [-0.05, 0) is 80.3 Å². The lowest BCUT2D eigenvalue weighted by atomic mass is 9.82. The zero-order chi connectivity index (χ0) is 27.1. The van der Waals surface area contributed by atoms with Gasteiger partial charge in [0, 0.05) is 11.6 Å². The topological polar surface area (TPSA) is 44.8 Å². The van der Waals surface area contributed by atoms with E-state index in [-0.39, 0.29) is 17.0 Å². The van der Waals surface area contributed by atoms with Crippen LogP contribution in [0.3, 0.4) is 0 Å². The Kier molecular flexibility index (Phi) is 9.10. The number of rotatable bonds is 10. The van der Waals surface area contributed by atoms with Crippen molar-refractivity contribution in [2.45, 2.75) is 51.0 Å². The Morgan fingerprint density at radius 3 is 2.29 bits per heavy atom. The minimum atomic E-state index is -0.882. The number of carbonyl (C=O) groups is 1. The molecule has 0 aromatic heterocycles. The van der Waals surface area contributed by atoms with Gasteiger partial charge in [-0.3, -0.25) is 0 Å². The van der Waals surface area contributed by atoms with Crippen molar-refractivity contribution in [2.75, 3.05) is 13.2 Å². The molecular weight excluding hydrogens is 493 g/mol. The first-order chi connectivity index (χ1) is 18.4. The fourth-order valence-corrected chi connectivity index (χ4v) is 4.72. The normalized spacial score (nSPS) is 17.1. The van der Waals surface area contributed by atoms with E-state index in [2.05, 4.69) is 6.58 Å². The first-order valence-corrected chi connectivity index (χ1v) is 12.9. The lowest BCUT2D eigenvalue weighted by molar-refractivity contribution is 0.0189. The smallest absolute Gasteiger partial charge is 0.341 e. The lowest BCUT2D eigenvalue weighted by Gasteiger charge is -2.29. The maximum Gasteiger partial charge on any atom is 0.341 e. The van der Waals surface area contributed by atoms with E-state index in [9.17, 15) is 9.18 Å². The van der Waals surface area contributed by atoms with Gasteiger partial charge in [0.15, 0.2) is 11.6 Å². The predicted molar refractivity (Wildman–Crippen MR) is 140 cm³/mol. The van der Waals surface area contributed by atoms with Crippen molar-refractivity contribution in [1.82, 2.24) is 0 Å². The number of hydrogen-bond acceptors (Lipinski definition) is 4. The summed E-state index contributed by atoms with van der Waals surface area (Å²) in [6.45, 7) is 6.36. The SMILES string of the molecule is C=CCCOc1ccc(C(=O)OC2CCC(c3ccc(-c4ccc(OCC)cc4)c(F)c3F)CC2)c(F)c1. The predicted octanol–water partition coefficient (Wildman–Crippen LogP) is 8.01. The third-order valence-corrected chi connectivity index (χ3v) is 6.73. The van der Waals surface area contributed by atoms with Crippen molar-refractivity contribution in [3.63, 3.8) is 0 Å². The van der Waals surface area contributed by atoms with Gasteiger partial charge < -0.3 is 14.2 Å². The third kappa shape index (κ3) is 6.39. The van der Waals surface area contributed by atoms with Crippen LogP contribution in [0.5, 0.6) is 11.5 Å². The summed E-state index contributed by atoms with van der Waals surface area (Å²) >= 11 is 0. The molecule has 1 aliphatic rings. The highest BCUT2D eigenvalue weighted by Crippen LogP contribution is 2.38. The first kappa shape index (κ1) is 27.3. The van der Waals surface area contributed by atoms with Gasteiger partial charge in [-0.15, -0.1) is 6.58 Å². The van der Waals surface area contributed by atoms with E-state index in [1.54, 1.807) is 42.5 Å². The molecule has 0 unspecified atom stereocenters. The van der Waals surface area contributed by atoms with Gasteiger partial charge in [-0.1, -0.05) is 30.3 Å². The van der Waals surface area contributed by atoms with E-state index in [0.717, 1.165) is 6.07 Å². The van der Waals surface area contributed by atoms with E-state index in [4.69, 9.17) is 14.2 Å². The van der Waals surface area contributed by atoms with Crippen molar-refractivity contribution in [1.29, 1.82) is 0 Å². The maximum absolute atomic E-state index is 15.1. The molecule has 3 aromatic rings. The Morgan fingerprint density at radius 2 is 1.63 bits per heavy atom. The number of hydrogen-bond donors (Lipinski definition) is 0. The molecule has 0 radical (unpaired) electrons. The van der Waals surface area contributed by atoms with Crippen molar-refractivity contribution < 1.29 is 32.2 Å². The number of carbonyl (C=O) groups excluding carboxylic acids is 1. The van der Waals surface area contributed by atoms with Crippen LogP contribution < -0.4 is 9.47 Å². The average molecular weight is 525 g/mol. The van der Waals surface area contributed by atoms with Gasteiger partial charge >= 0.3 is 5.97 Å².